The van der Waals surface area contributed by atoms with Crippen LogP contribution in [0.5, 0.6) is 0 Å². The Bertz CT molecular complexity index is 1030. The highest BCUT2D eigenvalue weighted by Crippen LogP contribution is 2.44. The van der Waals surface area contributed by atoms with Crippen molar-refractivity contribution in [3.05, 3.63) is 59.7 Å². The Morgan fingerprint density at radius 2 is 1.71 bits per heavy atom. The second-order valence-corrected chi connectivity index (χ2v) is 8.56. The minimum absolute atomic E-state index is 0.0268. The fourth-order valence-corrected chi connectivity index (χ4v) is 4.55. The first-order valence-corrected chi connectivity index (χ1v) is 11.3. The molecule has 180 valence electrons. The number of carboxylic acids is 1. The average molecular weight is 469 g/mol. The average Bonchev–Trinajstić information content (AvgIpc) is 3.16. The largest absolute Gasteiger partial charge is 0.479 e. The number of hydrogen-bond acceptors (Lipinski definition) is 6. The Labute approximate surface area is 197 Å². The molecule has 0 radical (unpaired) electrons. The molecular weight excluding hydrogens is 440 g/mol. The van der Waals surface area contributed by atoms with Gasteiger partial charge in [-0.05, 0) is 35.1 Å². The monoisotopic (exact) mass is 468 g/mol. The zero-order valence-corrected chi connectivity index (χ0v) is 18.7. The van der Waals surface area contributed by atoms with Crippen molar-refractivity contribution in [2.24, 2.45) is 0 Å². The summed E-state index contributed by atoms with van der Waals surface area (Å²) in [6.07, 6.45) is -0.0612. The summed E-state index contributed by atoms with van der Waals surface area (Å²) in [7, 11) is 0. The van der Waals surface area contributed by atoms with Crippen LogP contribution in [0.25, 0.3) is 11.1 Å². The lowest BCUT2D eigenvalue weighted by Crippen LogP contribution is -2.55. The molecule has 1 unspecified atom stereocenters. The van der Waals surface area contributed by atoms with E-state index in [0.29, 0.717) is 13.0 Å². The summed E-state index contributed by atoms with van der Waals surface area (Å²) in [6.45, 7) is 0.303. The molecule has 2 amide bonds. The molecule has 1 aliphatic carbocycles. The molecule has 3 N–H and O–H groups in total. The predicted molar refractivity (Wildman–Crippen MR) is 122 cm³/mol. The van der Waals surface area contributed by atoms with E-state index in [2.05, 4.69) is 17.4 Å². The van der Waals surface area contributed by atoms with E-state index in [1.165, 1.54) is 4.90 Å². The highest BCUT2D eigenvalue weighted by molar-refractivity contribution is 5.82. The number of aliphatic hydroxyl groups is 1. The smallest absolute Gasteiger partial charge is 0.407 e. The lowest BCUT2D eigenvalue weighted by Gasteiger charge is -2.36. The first-order chi connectivity index (χ1) is 16.4. The number of likely N-dealkylation sites (tertiary alicyclic amines) is 1. The van der Waals surface area contributed by atoms with E-state index >= 15 is 0 Å². The number of amides is 2. The molecule has 1 heterocycles. The number of carbonyl (C=O) groups is 3. The normalized spacial score (nSPS) is 19.3. The van der Waals surface area contributed by atoms with Crippen molar-refractivity contribution in [1.82, 2.24) is 10.2 Å². The molecule has 0 saturated carbocycles. The molecule has 1 aliphatic heterocycles. The van der Waals surface area contributed by atoms with Crippen molar-refractivity contribution in [1.29, 1.82) is 0 Å². The van der Waals surface area contributed by atoms with Crippen molar-refractivity contribution in [2.75, 3.05) is 39.5 Å². The molecule has 4 rings (SSSR count). The minimum Gasteiger partial charge on any atom is -0.479 e. The number of aliphatic carboxylic acids is 1. The summed E-state index contributed by atoms with van der Waals surface area (Å²) in [5, 5.41) is 21.8. The molecule has 1 atom stereocenters. The fourth-order valence-electron chi connectivity index (χ4n) is 4.55. The van der Waals surface area contributed by atoms with E-state index < -0.39 is 23.6 Å². The van der Waals surface area contributed by atoms with E-state index in [-0.39, 0.29) is 45.2 Å². The van der Waals surface area contributed by atoms with Crippen LogP contribution >= 0.6 is 0 Å². The van der Waals surface area contributed by atoms with E-state index in [1.807, 2.05) is 36.4 Å². The van der Waals surface area contributed by atoms with Crippen LogP contribution in [-0.4, -0.2) is 78.1 Å². The van der Waals surface area contributed by atoms with Gasteiger partial charge in [-0.15, -0.1) is 0 Å². The number of benzene rings is 2. The molecule has 0 spiro atoms. The molecule has 0 aromatic heterocycles. The Hall–Kier alpha value is -3.43. The first-order valence-electron chi connectivity index (χ1n) is 11.3. The van der Waals surface area contributed by atoms with Crippen LogP contribution in [-0.2, 0) is 19.1 Å². The van der Waals surface area contributed by atoms with Crippen molar-refractivity contribution in [3.63, 3.8) is 0 Å². The number of carboxylic acid groups (broad SMARTS) is 1. The summed E-state index contributed by atoms with van der Waals surface area (Å²) < 4.78 is 10.8. The maximum absolute atomic E-state index is 12.2. The van der Waals surface area contributed by atoms with Crippen LogP contribution in [0.1, 0.15) is 29.9 Å². The lowest BCUT2D eigenvalue weighted by molar-refractivity contribution is -0.167. The quantitative estimate of drug-likeness (QED) is 0.506. The molecular formula is C25H28N2O7. The van der Waals surface area contributed by atoms with Gasteiger partial charge in [0.15, 0.2) is 5.60 Å². The van der Waals surface area contributed by atoms with Crippen molar-refractivity contribution in [3.8, 4) is 11.1 Å². The molecule has 0 bridgehead atoms. The zero-order chi connectivity index (χ0) is 24.1. The Balaban J connectivity index is 1.17. The zero-order valence-electron chi connectivity index (χ0n) is 18.7. The number of fused-ring (bicyclic) bond motifs is 3. The number of rotatable bonds is 8. The van der Waals surface area contributed by atoms with Crippen LogP contribution in [0, 0.1) is 0 Å². The van der Waals surface area contributed by atoms with E-state index in [1.54, 1.807) is 0 Å². The third kappa shape index (κ3) is 5.05. The van der Waals surface area contributed by atoms with Crippen molar-refractivity contribution >= 4 is 18.0 Å². The maximum Gasteiger partial charge on any atom is 0.407 e. The van der Waals surface area contributed by atoms with E-state index in [0.717, 1.165) is 22.3 Å². The Morgan fingerprint density at radius 1 is 1.06 bits per heavy atom. The molecule has 1 saturated heterocycles. The van der Waals surface area contributed by atoms with Crippen LogP contribution in [0.15, 0.2) is 48.5 Å². The second kappa shape index (κ2) is 10.2. The van der Waals surface area contributed by atoms with Gasteiger partial charge in [-0.3, -0.25) is 4.79 Å². The number of β-amino-alcohol motifs (C(OH)–C–C–N with tert-alkyl or cyclic N) is 1. The van der Waals surface area contributed by atoms with Gasteiger partial charge in [0.1, 0.15) is 13.2 Å². The van der Waals surface area contributed by atoms with Gasteiger partial charge in [-0.1, -0.05) is 48.5 Å². The molecule has 2 aromatic rings. The van der Waals surface area contributed by atoms with E-state index in [4.69, 9.17) is 14.6 Å². The summed E-state index contributed by atoms with van der Waals surface area (Å²) in [4.78, 5) is 36.9. The number of ether oxygens (including phenoxy) is 2. The fraction of sp³-hybridized carbons (Fsp3) is 0.400. The topological polar surface area (TPSA) is 125 Å². The summed E-state index contributed by atoms with van der Waals surface area (Å²) in [5.41, 5.74) is 2.65. The molecule has 1 fully saturated rings. The summed E-state index contributed by atoms with van der Waals surface area (Å²) in [5.74, 6) is -1.76. The molecule has 34 heavy (non-hydrogen) atoms. The van der Waals surface area contributed by atoms with Crippen LogP contribution in [0.4, 0.5) is 4.79 Å². The van der Waals surface area contributed by atoms with Gasteiger partial charge >= 0.3 is 12.1 Å². The SMILES string of the molecule is O=C(NCCOCC(=O)N1CCCC(O)(C(=O)O)C1)OCC1c2ccccc2-c2ccccc21. The number of carbonyl (C=O) groups excluding carboxylic acids is 2. The molecule has 9 nitrogen and oxygen atoms in total. The van der Waals surface area contributed by atoms with Gasteiger partial charge in [0.2, 0.25) is 5.91 Å². The predicted octanol–water partition coefficient (Wildman–Crippen LogP) is 1.98. The number of piperidine rings is 1. The highest BCUT2D eigenvalue weighted by Gasteiger charge is 2.41. The van der Waals surface area contributed by atoms with Gasteiger partial charge in [0.25, 0.3) is 0 Å². The van der Waals surface area contributed by atoms with Gasteiger partial charge in [-0.2, -0.15) is 0 Å². The van der Waals surface area contributed by atoms with Gasteiger partial charge in [0.05, 0.1) is 13.2 Å². The van der Waals surface area contributed by atoms with Crippen LogP contribution in [0.3, 0.4) is 0 Å². The number of alkyl carbamates (subject to hydrolysis) is 1. The summed E-state index contributed by atoms with van der Waals surface area (Å²) >= 11 is 0. The van der Waals surface area contributed by atoms with Gasteiger partial charge in [-0.25, -0.2) is 9.59 Å². The standard InChI is InChI=1S/C25H28N2O7/c28-22(27-12-5-10-25(32,16-27)23(29)30)15-33-13-11-26-24(31)34-14-21-19-8-3-1-6-17(19)18-7-2-4-9-20(18)21/h1-4,6-9,21,32H,5,10-16H2,(H,26,31)(H,29,30). The third-order valence-corrected chi connectivity index (χ3v) is 6.31. The first kappa shape index (κ1) is 23.7. The van der Waals surface area contributed by atoms with Crippen molar-refractivity contribution in [2.45, 2.75) is 24.4 Å². The van der Waals surface area contributed by atoms with Gasteiger partial charge < -0.3 is 29.9 Å². The van der Waals surface area contributed by atoms with Crippen molar-refractivity contribution < 1.29 is 34.1 Å². The highest BCUT2D eigenvalue weighted by atomic mass is 16.5. The number of nitrogens with zero attached hydrogens (tertiary/aromatic N) is 1. The summed E-state index contributed by atoms with van der Waals surface area (Å²) in [6, 6.07) is 16.2. The third-order valence-electron chi connectivity index (χ3n) is 6.31. The Morgan fingerprint density at radius 3 is 2.35 bits per heavy atom. The number of nitrogens with one attached hydrogen (secondary N) is 1. The van der Waals surface area contributed by atoms with E-state index in [9.17, 15) is 19.5 Å². The van der Waals surface area contributed by atoms with Crippen LogP contribution in [0.2, 0.25) is 0 Å². The Kier molecular flexibility index (Phi) is 7.14. The second-order valence-electron chi connectivity index (χ2n) is 8.56. The van der Waals surface area contributed by atoms with Crippen LogP contribution < -0.4 is 5.32 Å². The maximum atomic E-state index is 12.2. The minimum atomic E-state index is -1.92. The molecule has 2 aliphatic rings. The molecule has 2 aromatic carbocycles. The lowest BCUT2D eigenvalue weighted by atomic mass is 9.93. The van der Waals surface area contributed by atoms with Gasteiger partial charge in [0, 0.05) is 19.0 Å². The molecule has 9 heteroatoms. The number of hydrogen-bond donors (Lipinski definition) is 3.